The minimum absolute atomic E-state index is 0. The molecule has 2 fully saturated rings. The first kappa shape index (κ1) is 56.4. The molecule has 22 heteroatoms. The van der Waals surface area contributed by atoms with E-state index in [-0.39, 0.29) is 60.4 Å². The SMILES string of the molecule is COC=CC(=O)Nc1c(C)cccc1C.Cc1nc(NC(N)=S)cc(N2CCN(CCO)CC2)n1.Cc1nc(Nc2ncc(C(=O)Cc3c(C)cccc3Cl)s2)cc(N2CCN(CCO)CC2)n1.I. The summed E-state index contributed by atoms with van der Waals surface area (Å²) >= 11 is 12.4. The molecule has 0 atom stereocenters. The Labute approximate surface area is 435 Å². The molecule has 0 radical (unpaired) electrons. The number of thiocarbonyl (C=S) groups is 1. The highest BCUT2D eigenvalue weighted by molar-refractivity contribution is 14.0. The van der Waals surface area contributed by atoms with Crippen LogP contribution in [0, 0.1) is 34.6 Å². The Morgan fingerprint density at radius 3 is 1.84 bits per heavy atom. The molecule has 0 bridgehead atoms. The second-order valence-corrected chi connectivity index (χ2v) is 17.9. The highest BCUT2D eigenvalue weighted by Crippen LogP contribution is 2.28. The summed E-state index contributed by atoms with van der Waals surface area (Å²) in [5.41, 5.74) is 10.3. The molecule has 5 aromatic rings. The maximum Gasteiger partial charge on any atom is 0.251 e. The molecule has 2 saturated heterocycles. The molecule has 2 aliphatic heterocycles. The predicted molar refractivity (Wildman–Crippen MR) is 291 cm³/mol. The summed E-state index contributed by atoms with van der Waals surface area (Å²) in [6, 6.07) is 15.3. The molecule has 7 rings (SSSR count). The van der Waals surface area contributed by atoms with Gasteiger partial charge in [0.05, 0.1) is 37.7 Å². The van der Waals surface area contributed by atoms with Crippen molar-refractivity contribution in [3.8, 4) is 0 Å². The van der Waals surface area contributed by atoms with E-state index < -0.39 is 0 Å². The van der Waals surface area contributed by atoms with Crippen LogP contribution in [-0.4, -0.2) is 148 Å². The number of ketones is 1. The monoisotopic (exact) mass is 1120 g/mol. The van der Waals surface area contributed by atoms with Crippen LogP contribution in [0.4, 0.5) is 34.1 Å². The lowest BCUT2D eigenvalue weighted by atomic mass is 10.0. The lowest BCUT2D eigenvalue weighted by Gasteiger charge is -2.35. The number of aliphatic hydroxyl groups excluding tert-OH is 2. The quantitative estimate of drug-likeness (QED) is 0.0230. The number of Topliss-reactive ketones (excluding diaryl/α,β-unsaturated/α-hetero) is 1. The molecule has 0 saturated carbocycles. The number of carbonyl (C=O) groups excluding carboxylic acids is 2. The van der Waals surface area contributed by atoms with E-state index in [1.54, 1.807) is 12.3 Å². The van der Waals surface area contributed by atoms with Crippen LogP contribution in [0.25, 0.3) is 0 Å². The van der Waals surface area contributed by atoms with E-state index in [1.165, 1.54) is 30.8 Å². The number of benzene rings is 2. The van der Waals surface area contributed by atoms with Crippen molar-refractivity contribution in [3.05, 3.63) is 111 Å². The number of nitrogens with one attached hydrogen (secondary N) is 3. The molecule has 69 heavy (non-hydrogen) atoms. The minimum Gasteiger partial charge on any atom is -0.504 e. The number of methoxy groups -OCH3 is 1. The van der Waals surface area contributed by atoms with Gasteiger partial charge in [-0.05, 0) is 75.2 Å². The zero-order valence-corrected chi connectivity index (χ0v) is 44.6. The number of ether oxygens (including phenoxy) is 1. The fourth-order valence-corrected chi connectivity index (χ4v) is 8.53. The first-order chi connectivity index (χ1) is 32.6. The highest BCUT2D eigenvalue weighted by atomic mass is 127. The lowest BCUT2D eigenvalue weighted by molar-refractivity contribution is -0.112. The first-order valence-corrected chi connectivity index (χ1v) is 23.8. The standard InChI is InChI=1S/C23H27ClN6O2S.C12H20N6OS.C12H15NO2.HI/c1-15-4-3-5-18(24)17(15)12-19(32)20-14-25-23(33-20)28-21-13-22(27-16(2)26-21)30-8-6-29(7-9-30)10-11-31;1-9-14-10(16-12(13)20)8-11(15-9)18-4-2-17(3-5-18)6-7-19;1-9-5-4-6-10(2)12(9)13-11(14)7-8-15-3;/h3-5,13-14,31H,6-12H2,1-2H3,(H,25,26,27,28);8,19H,2-7H2,1H3,(H3,13,14,15,16,20);4-8H,1-3H3,(H,13,14);1H. The normalized spacial score (nSPS) is 13.9. The number of aliphatic hydroxyl groups is 2. The fourth-order valence-electron chi connectivity index (χ4n) is 7.38. The van der Waals surface area contributed by atoms with E-state index in [1.807, 2.05) is 77.1 Å². The number of β-amino-alcohol motifs (C(OH)–C–C–N with tert-alkyl or cyclic N) is 2. The van der Waals surface area contributed by atoms with Crippen molar-refractivity contribution in [1.82, 2.24) is 34.7 Å². The Kier molecular flexibility index (Phi) is 23.3. The van der Waals surface area contributed by atoms with Gasteiger partial charge in [0, 0.05) is 101 Å². The summed E-state index contributed by atoms with van der Waals surface area (Å²) in [6.45, 7) is 18.4. The Morgan fingerprint density at radius 2 is 1.32 bits per heavy atom. The molecule has 372 valence electrons. The molecule has 5 heterocycles. The van der Waals surface area contributed by atoms with Gasteiger partial charge < -0.3 is 46.4 Å². The number of nitrogens with two attached hydrogens (primary N) is 1. The second kappa shape index (κ2) is 28.5. The van der Waals surface area contributed by atoms with Crippen molar-refractivity contribution in [2.45, 2.75) is 41.0 Å². The average Bonchev–Trinajstić information content (AvgIpc) is 3.77. The van der Waals surface area contributed by atoms with E-state index in [0.29, 0.717) is 44.9 Å². The van der Waals surface area contributed by atoms with Gasteiger partial charge >= 0.3 is 0 Å². The van der Waals surface area contributed by atoms with E-state index in [0.717, 1.165) is 98.5 Å². The van der Waals surface area contributed by atoms with Gasteiger partial charge in [-0.2, -0.15) is 0 Å². The number of para-hydroxylation sites is 1. The van der Waals surface area contributed by atoms with Gasteiger partial charge in [-0.15, -0.1) is 24.0 Å². The van der Waals surface area contributed by atoms with E-state index in [9.17, 15) is 9.59 Å². The van der Waals surface area contributed by atoms with E-state index in [4.69, 9.17) is 39.8 Å². The van der Waals surface area contributed by atoms with E-state index in [2.05, 4.69) is 65.2 Å². The third-order valence-electron chi connectivity index (χ3n) is 10.9. The molecule has 0 spiro atoms. The van der Waals surface area contributed by atoms with E-state index >= 15 is 0 Å². The average molecular weight is 1120 g/mol. The number of piperazine rings is 2. The van der Waals surface area contributed by atoms with Crippen LogP contribution in [0.15, 0.2) is 67.1 Å². The Hall–Kier alpha value is -5.14. The van der Waals surface area contributed by atoms with Crippen LogP contribution < -0.4 is 31.5 Å². The zero-order valence-electron chi connectivity index (χ0n) is 39.9. The van der Waals surface area contributed by atoms with Crippen LogP contribution in [0.5, 0.6) is 0 Å². The van der Waals surface area contributed by atoms with Crippen LogP contribution in [0.1, 0.15) is 43.6 Å². The van der Waals surface area contributed by atoms with Crippen molar-refractivity contribution in [2.24, 2.45) is 5.73 Å². The number of hydrogen-bond acceptors (Lipinski definition) is 17. The molecule has 1 amide bonds. The number of amides is 1. The Morgan fingerprint density at radius 1 is 0.797 bits per heavy atom. The molecule has 18 nitrogen and oxygen atoms in total. The number of hydrogen-bond donors (Lipinski definition) is 6. The molecule has 2 aromatic carbocycles. The van der Waals surface area contributed by atoms with Gasteiger partial charge in [0.2, 0.25) is 0 Å². The largest absolute Gasteiger partial charge is 0.504 e. The van der Waals surface area contributed by atoms with Gasteiger partial charge in [0.15, 0.2) is 16.0 Å². The van der Waals surface area contributed by atoms with Crippen molar-refractivity contribution < 1.29 is 24.5 Å². The number of aryl methyl sites for hydroxylation is 5. The van der Waals surface area contributed by atoms with Crippen LogP contribution in [0.3, 0.4) is 0 Å². The third kappa shape index (κ3) is 18.0. The summed E-state index contributed by atoms with van der Waals surface area (Å²) in [6.07, 6.45) is 4.54. The molecular formula is C47H63ClIN13O5S2. The number of carbonyl (C=O) groups is 2. The molecule has 2 aliphatic rings. The summed E-state index contributed by atoms with van der Waals surface area (Å²) in [7, 11) is 1.50. The number of rotatable bonds is 15. The van der Waals surface area contributed by atoms with Crippen LogP contribution >= 0.6 is 59.1 Å². The van der Waals surface area contributed by atoms with Crippen LogP contribution in [0.2, 0.25) is 5.02 Å². The van der Waals surface area contributed by atoms with Gasteiger partial charge in [-0.1, -0.05) is 53.3 Å². The molecular weight excluding hydrogens is 1050 g/mol. The van der Waals surface area contributed by atoms with Crippen LogP contribution in [-0.2, 0) is 16.0 Å². The fraction of sp³-hybridized carbons (Fsp3) is 0.404. The smallest absolute Gasteiger partial charge is 0.251 e. The van der Waals surface area contributed by atoms with Crippen molar-refractivity contribution in [3.63, 3.8) is 0 Å². The third-order valence-corrected chi connectivity index (χ3v) is 12.3. The summed E-state index contributed by atoms with van der Waals surface area (Å²) in [4.78, 5) is 55.8. The van der Waals surface area contributed by atoms with Crippen molar-refractivity contribution >= 4 is 110 Å². The predicted octanol–water partition coefficient (Wildman–Crippen LogP) is 6.06. The molecule has 0 aliphatic carbocycles. The lowest BCUT2D eigenvalue weighted by Crippen LogP contribution is -2.47. The maximum atomic E-state index is 12.8. The second-order valence-electron chi connectivity index (χ2n) is 16.0. The zero-order chi connectivity index (χ0) is 49.2. The minimum atomic E-state index is -0.186. The maximum absolute atomic E-state index is 12.8. The summed E-state index contributed by atoms with van der Waals surface area (Å²) < 4.78 is 4.67. The number of halogens is 2. The molecule has 0 unspecified atom stereocenters. The topological polar surface area (TPSA) is 223 Å². The molecule has 7 N–H and O–H groups in total. The number of thiazole rings is 1. The first-order valence-electron chi connectivity index (χ1n) is 22.2. The van der Waals surface area contributed by atoms with Crippen molar-refractivity contribution in [2.75, 3.05) is 112 Å². The highest BCUT2D eigenvalue weighted by Gasteiger charge is 2.21. The Balaban J connectivity index is 0.000000246. The summed E-state index contributed by atoms with van der Waals surface area (Å²) in [5, 5.41) is 28.4. The van der Waals surface area contributed by atoms with Gasteiger partial charge in [0.1, 0.15) is 34.9 Å². The number of nitrogens with zero attached hydrogens (tertiary/aromatic N) is 9. The van der Waals surface area contributed by atoms with Gasteiger partial charge in [0.25, 0.3) is 5.91 Å². The van der Waals surface area contributed by atoms with Gasteiger partial charge in [-0.25, -0.2) is 24.9 Å². The van der Waals surface area contributed by atoms with Gasteiger partial charge in [-0.3, -0.25) is 19.4 Å². The molecule has 3 aromatic heterocycles. The number of aromatic nitrogens is 5. The van der Waals surface area contributed by atoms with Crippen molar-refractivity contribution in [1.29, 1.82) is 0 Å². The summed E-state index contributed by atoms with van der Waals surface area (Å²) in [5.74, 6) is 4.14. The Bertz CT molecular complexity index is 2460. The number of anilines is 6.